The molecule has 0 amide bonds. The number of ether oxygens (including phenoxy) is 2. The molecule has 1 aromatic rings. The number of benzene rings is 1. The molecule has 0 aromatic heterocycles. The number of methoxy groups -OCH3 is 1. The van der Waals surface area contributed by atoms with Crippen molar-refractivity contribution in [2.24, 2.45) is 5.41 Å². The lowest BCUT2D eigenvalue weighted by atomic mass is 9.85. The van der Waals surface area contributed by atoms with Gasteiger partial charge in [-0.1, -0.05) is 39.8 Å². The van der Waals surface area contributed by atoms with Crippen LogP contribution in [0.2, 0.25) is 0 Å². The summed E-state index contributed by atoms with van der Waals surface area (Å²) >= 11 is 0. The first kappa shape index (κ1) is 16.8. The minimum Gasteiger partial charge on any atom is -0.493 e. The lowest BCUT2D eigenvalue weighted by Crippen LogP contribution is -2.26. The van der Waals surface area contributed by atoms with Crippen LogP contribution < -0.4 is 9.47 Å². The van der Waals surface area contributed by atoms with Crippen LogP contribution in [0.15, 0.2) is 18.2 Å². The van der Waals surface area contributed by atoms with Gasteiger partial charge in [0.15, 0.2) is 11.5 Å². The van der Waals surface area contributed by atoms with E-state index < -0.39 is 0 Å². The van der Waals surface area contributed by atoms with Crippen LogP contribution >= 0.6 is 0 Å². The summed E-state index contributed by atoms with van der Waals surface area (Å²) in [5, 5.41) is 10.2. The maximum atomic E-state index is 10.2. The minimum atomic E-state index is -0.326. The highest BCUT2D eigenvalue weighted by atomic mass is 16.5. The molecule has 0 saturated heterocycles. The average molecular weight is 280 g/mol. The minimum absolute atomic E-state index is 0.0939. The van der Waals surface area contributed by atoms with E-state index >= 15 is 0 Å². The van der Waals surface area contributed by atoms with Crippen molar-refractivity contribution in [2.45, 2.75) is 53.1 Å². The fourth-order valence-corrected chi connectivity index (χ4v) is 2.01. The normalized spacial score (nSPS) is 13.1. The average Bonchev–Trinajstić information content (AvgIpc) is 2.41. The maximum Gasteiger partial charge on any atom is 0.164 e. The highest BCUT2D eigenvalue weighted by Crippen LogP contribution is 2.33. The van der Waals surface area contributed by atoms with Crippen molar-refractivity contribution in [1.29, 1.82) is 0 Å². The second kappa shape index (κ2) is 7.53. The van der Waals surface area contributed by atoms with Crippen molar-refractivity contribution >= 4 is 0 Å². The van der Waals surface area contributed by atoms with Gasteiger partial charge in [-0.05, 0) is 36.3 Å². The molecule has 20 heavy (non-hydrogen) atoms. The second-order valence-corrected chi connectivity index (χ2v) is 6.22. The number of rotatable bonds is 7. The van der Waals surface area contributed by atoms with Crippen molar-refractivity contribution in [2.75, 3.05) is 13.7 Å². The van der Waals surface area contributed by atoms with Gasteiger partial charge in [-0.3, -0.25) is 0 Å². The summed E-state index contributed by atoms with van der Waals surface area (Å²) in [4.78, 5) is 0. The second-order valence-electron chi connectivity index (χ2n) is 6.22. The summed E-state index contributed by atoms with van der Waals surface area (Å²) in [6.07, 6.45) is 2.14. The SMILES string of the molecule is CCCOc1c(CCC(O)C(C)(C)C)cccc1OC. The van der Waals surface area contributed by atoms with E-state index in [2.05, 4.69) is 27.7 Å². The zero-order valence-electron chi connectivity index (χ0n) is 13.4. The first-order valence-corrected chi connectivity index (χ1v) is 7.36. The van der Waals surface area contributed by atoms with Crippen LogP contribution in [0, 0.1) is 5.41 Å². The number of para-hydroxylation sites is 1. The summed E-state index contributed by atoms with van der Waals surface area (Å²) in [7, 11) is 1.65. The van der Waals surface area contributed by atoms with E-state index in [9.17, 15) is 5.11 Å². The molecule has 0 radical (unpaired) electrons. The Labute approximate surface area is 122 Å². The van der Waals surface area contributed by atoms with E-state index in [4.69, 9.17) is 9.47 Å². The van der Waals surface area contributed by atoms with Crippen molar-refractivity contribution < 1.29 is 14.6 Å². The van der Waals surface area contributed by atoms with E-state index in [0.717, 1.165) is 36.3 Å². The highest BCUT2D eigenvalue weighted by molar-refractivity contribution is 5.46. The number of hydrogen-bond donors (Lipinski definition) is 1. The Morgan fingerprint density at radius 1 is 1.25 bits per heavy atom. The van der Waals surface area contributed by atoms with E-state index in [1.54, 1.807) is 7.11 Å². The van der Waals surface area contributed by atoms with Gasteiger partial charge in [0.25, 0.3) is 0 Å². The van der Waals surface area contributed by atoms with E-state index in [1.807, 2.05) is 18.2 Å². The molecule has 1 rings (SSSR count). The zero-order valence-corrected chi connectivity index (χ0v) is 13.4. The van der Waals surface area contributed by atoms with Crippen LogP contribution in [-0.2, 0) is 6.42 Å². The fourth-order valence-electron chi connectivity index (χ4n) is 2.01. The van der Waals surface area contributed by atoms with Gasteiger partial charge in [0.2, 0.25) is 0 Å². The number of aliphatic hydroxyl groups is 1. The van der Waals surface area contributed by atoms with Gasteiger partial charge < -0.3 is 14.6 Å². The lowest BCUT2D eigenvalue weighted by Gasteiger charge is -2.26. The molecule has 0 spiro atoms. The summed E-state index contributed by atoms with van der Waals surface area (Å²) < 4.78 is 11.2. The molecule has 1 atom stereocenters. The number of hydrogen-bond acceptors (Lipinski definition) is 3. The van der Waals surface area contributed by atoms with Gasteiger partial charge in [-0.2, -0.15) is 0 Å². The molecule has 0 saturated carbocycles. The Balaban J connectivity index is 2.83. The Hall–Kier alpha value is -1.22. The van der Waals surface area contributed by atoms with Gasteiger partial charge in [-0.25, -0.2) is 0 Å². The molecule has 3 heteroatoms. The van der Waals surface area contributed by atoms with Crippen molar-refractivity contribution in [1.82, 2.24) is 0 Å². The van der Waals surface area contributed by atoms with E-state index in [1.165, 1.54) is 0 Å². The molecule has 0 bridgehead atoms. The van der Waals surface area contributed by atoms with E-state index in [-0.39, 0.29) is 11.5 Å². The topological polar surface area (TPSA) is 38.7 Å². The van der Waals surface area contributed by atoms with Gasteiger partial charge in [0.1, 0.15) is 0 Å². The van der Waals surface area contributed by atoms with Gasteiger partial charge in [0.05, 0.1) is 19.8 Å². The maximum absolute atomic E-state index is 10.2. The first-order chi connectivity index (χ1) is 9.40. The van der Waals surface area contributed by atoms with Crippen LogP contribution in [0.4, 0.5) is 0 Å². The quantitative estimate of drug-likeness (QED) is 0.825. The zero-order chi connectivity index (χ0) is 15.2. The fraction of sp³-hybridized carbons (Fsp3) is 0.647. The summed E-state index contributed by atoms with van der Waals surface area (Å²) in [6, 6.07) is 5.92. The molecule has 0 aliphatic carbocycles. The van der Waals surface area contributed by atoms with Crippen LogP contribution in [0.3, 0.4) is 0 Å². The predicted octanol–water partition coefficient (Wildman–Crippen LogP) is 3.82. The monoisotopic (exact) mass is 280 g/mol. The van der Waals surface area contributed by atoms with Crippen molar-refractivity contribution in [3.8, 4) is 11.5 Å². The van der Waals surface area contributed by atoms with Crippen molar-refractivity contribution in [3.63, 3.8) is 0 Å². The summed E-state index contributed by atoms with van der Waals surface area (Å²) in [5.41, 5.74) is 1.00. The molecule has 1 aromatic carbocycles. The van der Waals surface area contributed by atoms with E-state index in [0.29, 0.717) is 6.61 Å². The smallest absolute Gasteiger partial charge is 0.164 e. The van der Waals surface area contributed by atoms with Crippen LogP contribution in [0.5, 0.6) is 11.5 Å². The Morgan fingerprint density at radius 3 is 2.50 bits per heavy atom. The molecular formula is C17H28O3. The van der Waals surface area contributed by atoms with Crippen molar-refractivity contribution in [3.05, 3.63) is 23.8 Å². The van der Waals surface area contributed by atoms with Gasteiger partial charge in [-0.15, -0.1) is 0 Å². The molecule has 0 aliphatic heterocycles. The summed E-state index contributed by atoms with van der Waals surface area (Å²) in [6.45, 7) is 8.92. The Kier molecular flexibility index (Phi) is 6.34. The third-order valence-electron chi connectivity index (χ3n) is 3.42. The molecule has 3 nitrogen and oxygen atoms in total. The predicted molar refractivity (Wildman–Crippen MR) is 82.6 cm³/mol. The Morgan fingerprint density at radius 2 is 1.95 bits per heavy atom. The molecule has 1 N–H and O–H groups in total. The molecule has 0 fully saturated rings. The molecule has 114 valence electrons. The third-order valence-corrected chi connectivity index (χ3v) is 3.42. The summed E-state index contributed by atoms with van der Waals surface area (Å²) in [5.74, 6) is 1.58. The lowest BCUT2D eigenvalue weighted by molar-refractivity contribution is 0.0558. The standard InChI is InChI=1S/C17H28O3/c1-6-12-20-16-13(8-7-9-14(16)19-5)10-11-15(18)17(2,3)4/h7-9,15,18H,6,10-12H2,1-5H3. The van der Waals surface area contributed by atoms with Crippen LogP contribution in [0.25, 0.3) is 0 Å². The molecule has 1 unspecified atom stereocenters. The van der Waals surface area contributed by atoms with Gasteiger partial charge >= 0.3 is 0 Å². The van der Waals surface area contributed by atoms with Crippen LogP contribution in [0.1, 0.15) is 46.1 Å². The number of aliphatic hydroxyl groups excluding tert-OH is 1. The number of aryl methyl sites for hydroxylation is 1. The Bertz CT molecular complexity index is 407. The third kappa shape index (κ3) is 4.71. The first-order valence-electron chi connectivity index (χ1n) is 7.36. The molecule has 0 heterocycles. The van der Waals surface area contributed by atoms with Gasteiger partial charge in [0, 0.05) is 0 Å². The molecule has 0 aliphatic rings. The highest BCUT2D eigenvalue weighted by Gasteiger charge is 2.22. The molecular weight excluding hydrogens is 252 g/mol. The van der Waals surface area contributed by atoms with Crippen LogP contribution in [-0.4, -0.2) is 24.9 Å². The largest absolute Gasteiger partial charge is 0.493 e.